The van der Waals surface area contributed by atoms with Crippen molar-refractivity contribution in [1.29, 1.82) is 0 Å². The highest BCUT2D eigenvalue weighted by Crippen LogP contribution is 2.46. The highest BCUT2D eigenvalue weighted by Gasteiger charge is 2.33. The zero-order valence-electron chi connectivity index (χ0n) is 21.7. The number of carbonyl (C=O) groups is 1. The number of amides is 1. The van der Waals surface area contributed by atoms with Crippen molar-refractivity contribution in [2.24, 2.45) is 0 Å². The molecular weight excluding hydrogens is 630 g/mol. The number of rotatable bonds is 9. The second-order valence-corrected chi connectivity index (χ2v) is 15.0. The molecule has 5 rings (SSSR count). The molecule has 0 bridgehead atoms. The molecule has 1 heterocycles. The maximum atomic E-state index is 15.2. The Balaban J connectivity index is 1.38. The fraction of sp³-hybridized carbons (Fsp3) is 0.367. The van der Waals surface area contributed by atoms with E-state index in [1.54, 1.807) is 22.6 Å². The summed E-state index contributed by atoms with van der Waals surface area (Å²) in [6.07, 6.45) is 3.48. The molecule has 1 saturated heterocycles. The van der Waals surface area contributed by atoms with Gasteiger partial charge in [0, 0.05) is 12.6 Å². The molecule has 39 heavy (non-hydrogen) atoms. The van der Waals surface area contributed by atoms with Gasteiger partial charge in [-0.3, -0.25) is 9.69 Å². The number of likely N-dealkylation sites (tertiary alicyclic amines) is 1. The molecule has 1 unspecified atom stereocenters. The average Bonchev–Trinajstić information content (AvgIpc) is 3.76. The van der Waals surface area contributed by atoms with Crippen LogP contribution in [0.5, 0.6) is 5.75 Å². The maximum absolute atomic E-state index is 15.2. The van der Waals surface area contributed by atoms with Crippen LogP contribution >= 0.6 is 22.6 Å². The molecule has 1 amide bonds. The van der Waals surface area contributed by atoms with Crippen LogP contribution in [0, 0.1) is 5.82 Å². The van der Waals surface area contributed by atoms with E-state index >= 15 is 4.39 Å². The van der Waals surface area contributed by atoms with Gasteiger partial charge in [-0.25, -0.2) is 17.5 Å². The zero-order valence-corrected chi connectivity index (χ0v) is 24.7. The largest absolute Gasteiger partial charge is 0.489 e. The van der Waals surface area contributed by atoms with Crippen molar-refractivity contribution in [3.63, 3.8) is 0 Å². The molecule has 2 aliphatic rings. The molecule has 1 N–H and O–H groups in total. The third-order valence-electron chi connectivity index (χ3n) is 7.32. The van der Waals surface area contributed by atoms with Gasteiger partial charge < -0.3 is 4.74 Å². The fourth-order valence-electron chi connectivity index (χ4n) is 5.19. The Morgan fingerprint density at radius 1 is 1.03 bits per heavy atom. The lowest BCUT2D eigenvalue weighted by Crippen LogP contribution is -2.43. The van der Waals surface area contributed by atoms with E-state index in [1.165, 1.54) is 30.2 Å². The molecule has 0 radical (unpaired) electrons. The van der Waals surface area contributed by atoms with Gasteiger partial charge in [0.15, 0.2) is 0 Å². The number of benzene rings is 3. The Morgan fingerprint density at radius 3 is 2.21 bits per heavy atom. The van der Waals surface area contributed by atoms with Crippen LogP contribution in [0.1, 0.15) is 71.6 Å². The zero-order chi connectivity index (χ0) is 27.6. The summed E-state index contributed by atoms with van der Waals surface area (Å²) in [4.78, 5) is 15.1. The number of hydrogen-bond acceptors (Lipinski definition) is 5. The summed E-state index contributed by atoms with van der Waals surface area (Å²) in [6, 6.07) is 23.6. The van der Waals surface area contributed by atoms with E-state index in [1.807, 2.05) is 16.9 Å². The van der Waals surface area contributed by atoms with E-state index in [0.717, 1.165) is 37.8 Å². The van der Waals surface area contributed by atoms with E-state index < -0.39 is 25.0 Å². The number of nitrogens with one attached hydrogen (secondary N) is 1. The number of hydrogen-bond donors (Lipinski definition) is 1. The molecule has 1 aliphatic carbocycles. The van der Waals surface area contributed by atoms with Gasteiger partial charge in [0.2, 0.25) is 10.0 Å². The van der Waals surface area contributed by atoms with Crippen LogP contribution in [-0.2, 0) is 10.0 Å². The first-order chi connectivity index (χ1) is 18.7. The molecule has 9 heteroatoms. The maximum Gasteiger partial charge on any atom is 0.267 e. The van der Waals surface area contributed by atoms with Crippen molar-refractivity contribution < 1.29 is 22.3 Å². The monoisotopic (exact) mass is 662 g/mol. The van der Waals surface area contributed by atoms with Crippen molar-refractivity contribution in [2.45, 2.75) is 53.9 Å². The highest BCUT2D eigenvalue weighted by atomic mass is 127. The first-order valence-corrected chi connectivity index (χ1v) is 16.1. The van der Waals surface area contributed by atoms with Crippen LogP contribution in [-0.4, -0.2) is 41.7 Å². The Bertz CT molecular complexity index is 1380. The summed E-state index contributed by atoms with van der Waals surface area (Å²) < 4.78 is 47.2. The summed E-state index contributed by atoms with van der Waals surface area (Å²) in [5.74, 6) is -1.13. The van der Waals surface area contributed by atoms with Gasteiger partial charge in [0.25, 0.3) is 5.91 Å². The molecule has 2 atom stereocenters. The number of piperidine rings is 1. The van der Waals surface area contributed by atoms with Gasteiger partial charge in [-0.05, 0) is 67.8 Å². The predicted octanol–water partition coefficient (Wildman–Crippen LogP) is 6.18. The molecule has 1 saturated carbocycles. The van der Waals surface area contributed by atoms with E-state index in [9.17, 15) is 13.2 Å². The van der Waals surface area contributed by atoms with Crippen LogP contribution in [0.2, 0.25) is 0 Å². The van der Waals surface area contributed by atoms with Crippen LogP contribution < -0.4 is 9.46 Å². The minimum atomic E-state index is -3.89. The number of halogens is 2. The molecule has 0 spiro atoms. The van der Waals surface area contributed by atoms with Crippen molar-refractivity contribution in [2.75, 3.05) is 13.1 Å². The van der Waals surface area contributed by atoms with Crippen molar-refractivity contribution in [3.8, 4) is 5.75 Å². The topological polar surface area (TPSA) is 75.7 Å². The quantitative estimate of drug-likeness (QED) is 0.219. The third kappa shape index (κ3) is 6.63. The lowest BCUT2D eigenvalue weighted by molar-refractivity contribution is 0.0703. The van der Waals surface area contributed by atoms with E-state index in [4.69, 9.17) is 4.74 Å². The van der Waals surface area contributed by atoms with Gasteiger partial charge >= 0.3 is 0 Å². The molecular formula is C30H32FIN2O4S. The lowest BCUT2D eigenvalue weighted by Gasteiger charge is -2.39. The van der Waals surface area contributed by atoms with E-state index in [2.05, 4.69) is 53.4 Å². The second kappa shape index (κ2) is 11.9. The van der Waals surface area contributed by atoms with Crippen molar-refractivity contribution in [3.05, 3.63) is 101 Å². The van der Waals surface area contributed by atoms with Gasteiger partial charge in [-0.1, -0.05) is 83.3 Å². The third-order valence-corrected chi connectivity index (χ3v) is 10.7. The van der Waals surface area contributed by atoms with Crippen LogP contribution in [0.25, 0.3) is 0 Å². The summed E-state index contributed by atoms with van der Waals surface area (Å²) in [7, 11) is -3.89. The molecule has 3 aromatic rings. The standard InChI is InChI=1S/C30H32FIN2O4S/c1-20(32)39(36,37)33-30(35)26-17-25(21-14-15-21)28(18-27(26)31)38-24-13-8-16-34(19-24)29(22-9-4-2-5-10-22)23-11-6-3-7-12-23/h2-7,9-12,17-18,20-21,24,29H,8,13-16,19H2,1H3,(H,33,35)/t20?,24-/m1/s1. The molecule has 3 aromatic carbocycles. The first kappa shape index (κ1) is 28.0. The van der Waals surface area contributed by atoms with Crippen LogP contribution in [0.4, 0.5) is 4.39 Å². The Labute approximate surface area is 243 Å². The molecule has 1 aliphatic heterocycles. The summed E-state index contributed by atoms with van der Waals surface area (Å²) in [6.45, 7) is 3.04. The predicted molar refractivity (Wildman–Crippen MR) is 158 cm³/mol. The Kier molecular flexibility index (Phi) is 8.58. The minimum absolute atomic E-state index is 0.0757. The molecule has 2 fully saturated rings. The fourth-order valence-corrected chi connectivity index (χ4v) is 6.10. The van der Waals surface area contributed by atoms with Crippen LogP contribution in [0.15, 0.2) is 72.8 Å². The van der Waals surface area contributed by atoms with Gasteiger partial charge in [0.1, 0.15) is 20.9 Å². The highest BCUT2D eigenvalue weighted by molar-refractivity contribution is 14.1. The second-order valence-electron chi connectivity index (χ2n) is 10.3. The van der Waals surface area contributed by atoms with Crippen LogP contribution in [0.3, 0.4) is 0 Å². The SMILES string of the molecule is CC(I)S(=O)(=O)NC(=O)c1cc(C2CC2)c(O[C@@H]2CCCN(C(c3ccccc3)c3ccccc3)C2)cc1F. The van der Waals surface area contributed by atoms with Gasteiger partial charge in [-0.2, -0.15) is 0 Å². The van der Waals surface area contributed by atoms with Gasteiger partial charge in [0.05, 0.1) is 11.6 Å². The van der Waals surface area contributed by atoms with E-state index in [0.29, 0.717) is 12.3 Å². The molecule has 0 aromatic heterocycles. The number of nitrogens with zero attached hydrogens (tertiary/aromatic N) is 1. The lowest BCUT2D eigenvalue weighted by atomic mass is 9.94. The number of ether oxygens (including phenoxy) is 1. The Hall–Kier alpha value is -2.50. The Morgan fingerprint density at radius 2 is 1.64 bits per heavy atom. The molecule has 206 valence electrons. The summed E-state index contributed by atoms with van der Waals surface area (Å²) >= 11 is 1.70. The number of carbonyl (C=O) groups excluding carboxylic acids is 1. The van der Waals surface area contributed by atoms with Crippen molar-refractivity contribution >= 4 is 38.5 Å². The number of sulfonamides is 1. The smallest absolute Gasteiger partial charge is 0.267 e. The molecule has 6 nitrogen and oxygen atoms in total. The summed E-state index contributed by atoms with van der Waals surface area (Å²) in [5.41, 5.74) is 2.91. The average molecular weight is 663 g/mol. The summed E-state index contributed by atoms with van der Waals surface area (Å²) in [5, 5.41) is 0. The van der Waals surface area contributed by atoms with E-state index in [-0.39, 0.29) is 23.6 Å². The van der Waals surface area contributed by atoms with Crippen molar-refractivity contribution in [1.82, 2.24) is 9.62 Å². The number of alkyl halides is 1. The normalized spacial score (nSPS) is 19.0. The first-order valence-electron chi connectivity index (χ1n) is 13.3. The minimum Gasteiger partial charge on any atom is -0.489 e. The van der Waals surface area contributed by atoms with Gasteiger partial charge in [-0.15, -0.1) is 0 Å².